The molecule has 0 atom stereocenters. The summed E-state index contributed by atoms with van der Waals surface area (Å²) in [5.41, 5.74) is 4.23. The first-order valence-electron chi connectivity index (χ1n) is 8.58. The van der Waals surface area contributed by atoms with E-state index in [1.807, 2.05) is 0 Å². The number of unbranched alkanes of at least 4 members (excludes halogenated alkanes) is 3. The van der Waals surface area contributed by atoms with Gasteiger partial charge in [-0.2, -0.15) is 0 Å². The van der Waals surface area contributed by atoms with Crippen molar-refractivity contribution in [3.05, 3.63) is 65.7 Å². The molecule has 0 amide bonds. The van der Waals surface area contributed by atoms with Crippen molar-refractivity contribution in [2.45, 2.75) is 45.6 Å². The molecule has 126 valence electrons. The zero-order chi connectivity index (χ0) is 15.8. The van der Waals surface area contributed by atoms with E-state index in [-0.39, 0.29) is 4.70 Å². The maximum absolute atomic E-state index is 2.31. The quantitative estimate of drug-likeness (QED) is 0.519. The second-order valence-corrected chi connectivity index (χ2v) is 6.81. The Balaban J connectivity index is 0.00000264. The van der Waals surface area contributed by atoms with Crippen LogP contribution in [0.1, 0.15) is 43.7 Å². The largest absolute Gasteiger partial charge is 1.00 e. The van der Waals surface area contributed by atoms with Gasteiger partial charge in [0.2, 0.25) is 0 Å². The van der Waals surface area contributed by atoms with E-state index in [0.29, 0.717) is 0 Å². The van der Waals surface area contributed by atoms with Crippen molar-refractivity contribution in [3.8, 4) is 0 Å². The molecule has 0 radical (unpaired) electrons. The van der Waals surface area contributed by atoms with Crippen molar-refractivity contribution < 1.29 is 4.70 Å². The highest BCUT2D eigenvalue weighted by Crippen LogP contribution is 2.23. The third-order valence-electron chi connectivity index (χ3n) is 4.38. The van der Waals surface area contributed by atoms with Gasteiger partial charge in [0.05, 0.1) is 14.1 Å². The number of hydrogen-bond donors (Lipinski definition) is 0. The van der Waals surface area contributed by atoms with Crippen LogP contribution in [-0.2, 0) is 13.0 Å². The highest BCUT2D eigenvalue weighted by Gasteiger charge is 2.19. The maximum atomic E-state index is 2.31. The Labute approximate surface area is 140 Å². The molecule has 0 spiro atoms. The first-order valence-corrected chi connectivity index (χ1v) is 8.58. The van der Waals surface area contributed by atoms with E-state index in [9.17, 15) is 0 Å². The molecule has 0 aliphatic rings. The third kappa shape index (κ3) is 6.15. The lowest BCUT2D eigenvalue weighted by atomic mass is 10.1. The van der Waals surface area contributed by atoms with Crippen LogP contribution in [0.5, 0.6) is 0 Å². The molecule has 0 heterocycles. The smallest absolute Gasteiger partial charge is 0.132 e. The van der Waals surface area contributed by atoms with Crippen LogP contribution in [0.15, 0.2) is 54.6 Å². The van der Waals surface area contributed by atoms with Crippen LogP contribution < -0.4 is 9.19 Å². The van der Waals surface area contributed by atoms with E-state index >= 15 is 0 Å². The van der Waals surface area contributed by atoms with Crippen LogP contribution >= 0.6 is 0 Å². The molecule has 0 bridgehead atoms. The van der Waals surface area contributed by atoms with E-state index in [0.717, 1.165) is 11.0 Å². The highest BCUT2D eigenvalue weighted by atomic mass is 19.0. The van der Waals surface area contributed by atoms with Crippen LogP contribution in [0.25, 0.3) is 0 Å². The average molecular weight is 315 g/mol. The van der Waals surface area contributed by atoms with E-state index in [1.54, 1.807) is 0 Å². The lowest BCUT2D eigenvalue weighted by Crippen LogP contribution is -3.00. The van der Waals surface area contributed by atoms with Gasteiger partial charge in [-0.3, -0.25) is 4.48 Å². The van der Waals surface area contributed by atoms with Crippen molar-refractivity contribution in [1.29, 1.82) is 0 Å². The summed E-state index contributed by atoms with van der Waals surface area (Å²) in [4.78, 5) is 0. The van der Waals surface area contributed by atoms with Gasteiger partial charge < -0.3 is 4.70 Å². The number of halogens is 1. The summed E-state index contributed by atoms with van der Waals surface area (Å²) >= 11 is 0. The van der Waals surface area contributed by atoms with Gasteiger partial charge in [-0.05, 0) is 30.5 Å². The lowest BCUT2D eigenvalue weighted by molar-refractivity contribution is -0.00000488. The van der Waals surface area contributed by atoms with Gasteiger partial charge in [-0.25, -0.2) is 0 Å². The van der Waals surface area contributed by atoms with E-state index in [2.05, 4.69) is 75.6 Å². The number of nitrogens with zero attached hydrogens (tertiary/aromatic N) is 1. The predicted octanol–water partition coefficient (Wildman–Crippen LogP) is 2.58. The second-order valence-electron chi connectivity index (χ2n) is 6.81. The minimum absolute atomic E-state index is 0. The van der Waals surface area contributed by atoms with Crippen molar-refractivity contribution in [3.63, 3.8) is 0 Å². The standard InChI is InChI=1S/C21H30N.FH/c1-4-5-6-8-11-19-14-16-21(17-15-19)22(2,3)18-20-12-9-7-10-13-20;/h7,9-10,12-17H,4-6,8,11,18H2,1-3H3;1H/q+1;/p-1. The molecule has 0 N–H and O–H groups in total. The fourth-order valence-corrected chi connectivity index (χ4v) is 2.95. The van der Waals surface area contributed by atoms with Gasteiger partial charge in [-0.15, -0.1) is 0 Å². The summed E-state index contributed by atoms with van der Waals surface area (Å²) < 4.78 is 0.889. The highest BCUT2D eigenvalue weighted by molar-refractivity contribution is 5.44. The summed E-state index contributed by atoms with van der Waals surface area (Å²) in [7, 11) is 4.56. The number of rotatable bonds is 8. The Morgan fingerprint density at radius 2 is 1.39 bits per heavy atom. The van der Waals surface area contributed by atoms with Gasteiger partial charge in [0.25, 0.3) is 0 Å². The normalized spacial score (nSPS) is 11.1. The molecule has 0 aliphatic heterocycles. The molecule has 1 nitrogen and oxygen atoms in total. The van der Waals surface area contributed by atoms with Gasteiger partial charge in [-0.1, -0.05) is 68.7 Å². The lowest BCUT2D eigenvalue weighted by Gasteiger charge is -2.29. The van der Waals surface area contributed by atoms with Crippen LogP contribution in [0.4, 0.5) is 5.69 Å². The molecule has 0 saturated carbocycles. The molecule has 0 aromatic heterocycles. The van der Waals surface area contributed by atoms with Gasteiger partial charge in [0, 0.05) is 5.56 Å². The molecule has 23 heavy (non-hydrogen) atoms. The first-order chi connectivity index (χ1) is 10.6. The van der Waals surface area contributed by atoms with E-state index < -0.39 is 0 Å². The minimum Gasteiger partial charge on any atom is -1.00 e. The number of quaternary nitrogens is 1. The topological polar surface area (TPSA) is 0 Å². The zero-order valence-corrected chi connectivity index (χ0v) is 14.8. The molecule has 0 fully saturated rings. The summed E-state index contributed by atoms with van der Waals surface area (Å²) in [5, 5.41) is 0. The Kier molecular flexibility index (Phi) is 7.97. The monoisotopic (exact) mass is 315 g/mol. The van der Waals surface area contributed by atoms with Crippen molar-refractivity contribution in [1.82, 2.24) is 4.48 Å². The molecule has 0 saturated heterocycles. The number of hydrogen-bond acceptors (Lipinski definition) is 0. The maximum Gasteiger partial charge on any atom is 0.132 e. The Morgan fingerprint density at radius 3 is 2.00 bits per heavy atom. The molecule has 2 rings (SSSR count). The van der Waals surface area contributed by atoms with Gasteiger partial charge in [0.15, 0.2) is 0 Å². The van der Waals surface area contributed by atoms with Crippen molar-refractivity contribution in [2.75, 3.05) is 14.1 Å². The second kappa shape index (κ2) is 9.46. The van der Waals surface area contributed by atoms with E-state index in [4.69, 9.17) is 0 Å². The molecule has 2 aromatic carbocycles. The summed E-state index contributed by atoms with van der Waals surface area (Å²) in [6.07, 6.45) is 6.55. The predicted molar refractivity (Wildman–Crippen MR) is 98.1 cm³/mol. The SMILES string of the molecule is CCCCCCc1ccc([N+](C)(C)Cc2ccccc2)cc1.[F-]. The molecule has 2 heteroatoms. The van der Waals surface area contributed by atoms with Gasteiger partial charge >= 0.3 is 0 Å². The summed E-state index contributed by atoms with van der Waals surface area (Å²) in [6, 6.07) is 20.0. The third-order valence-corrected chi connectivity index (χ3v) is 4.38. The molecule has 2 aromatic rings. The van der Waals surface area contributed by atoms with E-state index in [1.165, 1.54) is 48.9 Å². The number of benzene rings is 2. The number of aryl methyl sites for hydroxylation is 1. The molecular weight excluding hydrogens is 285 g/mol. The van der Waals surface area contributed by atoms with Crippen LogP contribution in [-0.4, -0.2) is 14.1 Å². The Morgan fingerprint density at radius 1 is 0.739 bits per heavy atom. The van der Waals surface area contributed by atoms with Crippen LogP contribution in [0.3, 0.4) is 0 Å². The molecular formula is C21H30FN. The van der Waals surface area contributed by atoms with Crippen molar-refractivity contribution >= 4 is 5.69 Å². The van der Waals surface area contributed by atoms with Crippen LogP contribution in [0, 0.1) is 0 Å². The van der Waals surface area contributed by atoms with Crippen LogP contribution in [0.2, 0.25) is 0 Å². The average Bonchev–Trinajstić information content (AvgIpc) is 2.53. The Hall–Kier alpha value is -1.67. The van der Waals surface area contributed by atoms with Crippen molar-refractivity contribution in [2.24, 2.45) is 0 Å². The summed E-state index contributed by atoms with van der Waals surface area (Å²) in [6.45, 7) is 3.29. The fraction of sp³-hybridized carbons (Fsp3) is 0.429. The summed E-state index contributed by atoms with van der Waals surface area (Å²) in [5.74, 6) is 0. The van der Waals surface area contributed by atoms with Gasteiger partial charge in [0.1, 0.15) is 12.2 Å². The first kappa shape index (κ1) is 19.4. The fourth-order valence-electron chi connectivity index (χ4n) is 2.95. The zero-order valence-electron chi connectivity index (χ0n) is 14.8. The molecule has 0 unspecified atom stereocenters. The Bertz CT molecular complexity index is 546. The minimum atomic E-state index is 0. The molecule has 0 aliphatic carbocycles.